The largest absolute Gasteiger partial charge is 0.268 e. The Morgan fingerprint density at radius 1 is 1.00 bits per heavy atom. The summed E-state index contributed by atoms with van der Waals surface area (Å²) in [7, 11) is 1.74. The van der Waals surface area contributed by atoms with Crippen molar-refractivity contribution in [3.8, 4) is 0 Å². The highest BCUT2D eigenvalue weighted by atomic mass is 35.7. The van der Waals surface area contributed by atoms with Gasteiger partial charge in [-0.3, -0.25) is 4.68 Å². The van der Waals surface area contributed by atoms with Gasteiger partial charge in [-0.25, -0.2) is 8.42 Å². The van der Waals surface area contributed by atoms with Gasteiger partial charge in [0.25, 0.3) is 9.05 Å². The monoisotopic (exact) mass is 334 g/mol. The lowest BCUT2D eigenvalue weighted by molar-refractivity contribution is 0.511. The lowest BCUT2D eigenvalue weighted by Crippen LogP contribution is -2.03. The van der Waals surface area contributed by atoms with E-state index in [1.54, 1.807) is 18.5 Å². The maximum absolute atomic E-state index is 11.5. The van der Waals surface area contributed by atoms with Crippen LogP contribution in [0.25, 0.3) is 0 Å². The number of hydrogen-bond donors (Lipinski definition) is 0. The molecule has 1 aromatic heterocycles. The minimum Gasteiger partial charge on any atom is -0.268 e. The van der Waals surface area contributed by atoms with Crippen LogP contribution in [0.4, 0.5) is 0 Å². The van der Waals surface area contributed by atoms with Gasteiger partial charge in [-0.1, -0.05) is 51.9 Å². The van der Waals surface area contributed by atoms with Crippen molar-refractivity contribution in [2.24, 2.45) is 0 Å². The van der Waals surface area contributed by atoms with Crippen molar-refractivity contribution >= 4 is 19.7 Å². The minimum atomic E-state index is -3.70. The summed E-state index contributed by atoms with van der Waals surface area (Å²) in [5.74, 6) is 0. The summed E-state index contributed by atoms with van der Waals surface area (Å²) in [5.41, 5.74) is 1.13. The van der Waals surface area contributed by atoms with Crippen molar-refractivity contribution < 1.29 is 8.42 Å². The van der Waals surface area contributed by atoms with Gasteiger partial charge in [-0.05, 0) is 20.3 Å². The van der Waals surface area contributed by atoms with E-state index in [4.69, 9.17) is 10.7 Å². The number of aryl methyl sites for hydroxylation is 2. The van der Waals surface area contributed by atoms with Crippen LogP contribution in [-0.2, 0) is 15.6 Å². The third-order valence-corrected chi connectivity index (χ3v) is 5.32. The highest BCUT2D eigenvalue weighted by Gasteiger charge is 2.22. The van der Waals surface area contributed by atoms with Crippen LogP contribution in [0.5, 0.6) is 0 Å². The molecule has 0 saturated carbocycles. The fourth-order valence-electron chi connectivity index (χ4n) is 2.65. The number of halogens is 1. The second-order valence-corrected chi connectivity index (χ2v) is 8.14. The zero-order valence-corrected chi connectivity index (χ0v) is 14.9. The highest BCUT2D eigenvalue weighted by molar-refractivity contribution is 8.13. The van der Waals surface area contributed by atoms with Crippen LogP contribution < -0.4 is 0 Å². The smallest absolute Gasteiger partial charge is 0.264 e. The van der Waals surface area contributed by atoms with Crippen LogP contribution in [-0.4, -0.2) is 18.2 Å². The van der Waals surface area contributed by atoms with E-state index in [2.05, 4.69) is 12.0 Å². The average Bonchev–Trinajstić information content (AvgIpc) is 2.67. The van der Waals surface area contributed by atoms with Crippen LogP contribution in [0.1, 0.15) is 69.7 Å². The van der Waals surface area contributed by atoms with Crippen LogP contribution in [0, 0.1) is 13.8 Å². The van der Waals surface area contributed by atoms with E-state index in [1.807, 2.05) is 0 Å². The molecule has 122 valence electrons. The number of hydrogen-bond acceptors (Lipinski definition) is 3. The summed E-state index contributed by atoms with van der Waals surface area (Å²) in [5, 5.41) is 4.29. The van der Waals surface area contributed by atoms with E-state index in [1.165, 1.54) is 38.5 Å². The van der Waals surface area contributed by atoms with Gasteiger partial charge in [-0.15, -0.1) is 0 Å². The zero-order chi connectivity index (χ0) is 15.9. The SMILES string of the molecule is CCCCCCCCCCn1nc(C)c(S(=O)(=O)Cl)c1C. The van der Waals surface area contributed by atoms with Crippen molar-refractivity contribution in [2.75, 3.05) is 0 Å². The molecular formula is C15H27ClN2O2S. The molecule has 0 aliphatic heterocycles. The molecule has 1 aromatic rings. The summed E-state index contributed by atoms with van der Waals surface area (Å²) in [6.07, 6.45) is 9.99. The van der Waals surface area contributed by atoms with Crippen molar-refractivity contribution in [3.05, 3.63) is 11.4 Å². The lowest BCUT2D eigenvalue weighted by Gasteiger charge is -2.05. The first-order valence-electron chi connectivity index (χ1n) is 7.86. The summed E-state index contributed by atoms with van der Waals surface area (Å²) in [6.45, 7) is 6.43. The van der Waals surface area contributed by atoms with Gasteiger partial charge in [0.1, 0.15) is 4.90 Å². The van der Waals surface area contributed by atoms with E-state index >= 15 is 0 Å². The Hall–Kier alpha value is -0.550. The molecule has 0 aliphatic carbocycles. The Morgan fingerprint density at radius 3 is 2.00 bits per heavy atom. The number of nitrogens with zero attached hydrogens (tertiary/aromatic N) is 2. The van der Waals surface area contributed by atoms with Gasteiger partial charge in [0.05, 0.1) is 11.4 Å². The summed E-state index contributed by atoms with van der Waals surface area (Å²) < 4.78 is 24.8. The van der Waals surface area contributed by atoms with E-state index in [0.29, 0.717) is 11.4 Å². The van der Waals surface area contributed by atoms with E-state index in [9.17, 15) is 8.42 Å². The maximum atomic E-state index is 11.5. The molecule has 0 radical (unpaired) electrons. The average molecular weight is 335 g/mol. The molecular weight excluding hydrogens is 308 g/mol. The van der Waals surface area contributed by atoms with Gasteiger partial charge < -0.3 is 0 Å². The normalized spacial score (nSPS) is 12.0. The molecule has 0 spiro atoms. The quantitative estimate of drug-likeness (QED) is 0.465. The third kappa shape index (κ3) is 5.99. The molecule has 0 saturated heterocycles. The van der Waals surface area contributed by atoms with E-state index in [0.717, 1.165) is 19.4 Å². The molecule has 21 heavy (non-hydrogen) atoms. The fraction of sp³-hybridized carbons (Fsp3) is 0.800. The van der Waals surface area contributed by atoms with Crippen molar-refractivity contribution in [3.63, 3.8) is 0 Å². The van der Waals surface area contributed by atoms with E-state index < -0.39 is 9.05 Å². The first-order valence-corrected chi connectivity index (χ1v) is 10.2. The molecule has 0 N–H and O–H groups in total. The van der Waals surface area contributed by atoms with Crippen LogP contribution in [0.15, 0.2) is 4.90 Å². The Bertz CT molecular complexity index is 538. The third-order valence-electron chi connectivity index (χ3n) is 3.78. The number of rotatable bonds is 10. The van der Waals surface area contributed by atoms with Crippen LogP contribution >= 0.6 is 10.7 Å². The van der Waals surface area contributed by atoms with Crippen molar-refractivity contribution in [1.82, 2.24) is 9.78 Å². The predicted molar refractivity (Wildman–Crippen MR) is 87.3 cm³/mol. The Kier molecular flexibility index (Phi) is 7.74. The second-order valence-electron chi connectivity index (χ2n) is 5.64. The zero-order valence-electron chi connectivity index (χ0n) is 13.4. The molecule has 4 nitrogen and oxygen atoms in total. The molecule has 1 rings (SSSR count). The lowest BCUT2D eigenvalue weighted by atomic mass is 10.1. The van der Waals surface area contributed by atoms with E-state index in [-0.39, 0.29) is 4.90 Å². The van der Waals surface area contributed by atoms with Gasteiger partial charge in [0.15, 0.2) is 0 Å². The van der Waals surface area contributed by atoms with Crippen molar-refractivity contribution in [1.29, 1.82) is 0 Å². The number of unbranched alkanes of at least 4 members (excludes halogenated alkanes) is 7. The highest BCUT2D eigenvalue weighted by Crippen LogP contribution is 2.23. The molecule has 1 heterocycles. The standard InChI is InChI=1S/C15H27ClN2O2S/c1-4-5-6-7-8-9-10-11-12-18-14(3)15(13(2)17-18)21(16,19)20/h4-12H2,1-3H3. The van der Waals surface area contributed by atoms with Crippen LogP contribution in [0.2, 0.25) is 0 Å². The molecule has 0 amide bonds. The van der Waals surface area contributed by atoms with Crippen molar-refractivity contribution in [2.45, 2.75) is 83.6 Å². The Balaban J connectivity index is 2.37. The summed E-state index contributed by atoms with van der Waals surface area (Å²) in [4.78, 5) is 0.170. The van der Waals surface area contributed by atoms with Crippen LogP contribution in [0.3, 0.4) is 0 Å². The molecule has 0 aromatic carbocycles. The number of aromatic nitrogens is 2. The fourth-order valence-corrected chi connectivity index (χ4v) is 4.17. The Morgan fingerprint density at radius 2 is 1.52 bits per heavy atom. The molecule has 0 fully saturated rings. The molecule has 0 atom stereocenters. The van der Waals surface area contributed by atoms with Gasteiger partial charge in [0, 0.05) is 17.2 Å². The molecule has 0 bridgehead atoms. The predicted octanol–water partition coefficient (Wildman–Crippen LogP) is 4.57. The Labute approximate surface area is 133 Å². The molecule has 6 heteroatoms. The molecule has 0 aliphatic rings. The second kappa shape index (κ2) is 8.79. The summed E-state index contributed by atoms with van der Waals surface area (Å²) in [6, 6.07) is 0. The van der Waals surface area contributed by atoms with Gasteiger partial charge in [-0.2, -0.15) is 5.10 Å². The minimum absolute atomic E-state index is 0.170. The van der Waals surface area contributed by atoms with Gasteiger partial charge >= 0.3 is 0 Å². The maximum Gasteiger partial charge on any atom is 0.264 e. The van der Waals surface area contributed by atoms with Gasteiger partial charge in [0.2, 0.25) is 0 Å². The molecule has 0 unspecified atom stereocenters. The first-order chi connectivity index (χ1) is 9.88. The topological polar surface area (TPSA) is 52.0 Å². The first kappa shape index (κ1) is 18.5. The summed E-state index contributed by atoms with van der Waals surface area (Å²) >= 11 is 0.